The highest BCUT2D eigenvalue weighted by Gasteiger charge is 2.02. The first kappa shape index (κ1) is 16.5. The van der Waals surface area contributed by atoms with Crippen molar-refractivity contribution < 1.29 is 14.6 Å². The lowest BCUT2D eigenvalue weighted by molar-refractivity contribution is -0.128. The second kappa shape index (κ2) is 10.3. The quantitative estimate of drug-likeness (QED) is 0.488. The van der Waals surface area contributed by atoms with Crippen LogP contribution in [-0.4, -0.2) is 18.2 Å². The molecular weight excluding hydrogens is 252 g/mol. The van der Waals surface area contributed by atoms with Crippen LogP contribution in [0, 0.1) is 6.92 Å². The molecule has 0 unspecified atom stereocenters. The van der Waals surface area contributed by atoms with Crippen molar-refractivity contribution in [2.24, 2.45) is 0 Å². The number of carbonyl (C=O) groups excluding carboxylic acids is 1. The molecule has 0 aliphatic carbocycles. The Balaban J connectivity index is 1.99. The Morgan fingerprint density at radius 1 is 1.05 bits per heavy atom. The van der Waals surface area contributed by atoms with E-state index in [0.717, 1.165) is 36.8 Å². The predicted molar refractivity (Wildman–Crippen MR) is 80.9 cm³/mol. The lowest BCUT2D eigenvalue weighted by Gasteiger charge is -2.07. The first-order valence-corrected chi connectivity index (χ1v) is 7.58. The van der Waals surface area contributed by atoms with E-state index >= 15 is 0 Å². The number of ether oxygens (including phenoxy) is 1. The summed E-state index contributed by atoms with van der Waals surface area (Å²) in [5, 5.41) is 9.90. The van der Waals surface area contributed by atoms with Gasteiger partial charge < -0.3 is 9.84 Å². The second-order valence-electron chi connectivity index (χ2n) is 5.27. The van der Waals surface area contributed by atoms with E-state index in [1.807, 2.05) is 25.1 Å². The average Bonchev–Trinajstić information content (AvgIpc) is 2.45. The highest BCUT2D eigenvalue weighted by atomic mass is 16.5. The van der Waals surface area contributed by atoms with Gasteiger partial charge in [-0.2, -0.15) is 0 Å². The maximum Gasteiger partial charge on any atom is 0.293 e. The SMILES string of the molecule is Cc1cccc(CCCCCCCCCOC=O)c1O. The van der Waals surface area contributed by atoms with Crippen LogP contribution in [-0.2, 0) is 16.0 Å². The van der Waals surface area contributed by atoms with Gasteiger partial charge in [-0.15, -0.1) is 0 Å². The summed E-state index contributed by atoms with van der Waals surface area (Å²) in [4.78, 5) is 9.93. The molecule has 0 aliphatic heterocycles. The minimum absolute atomic E-state index is 0.461. The largest absolute Gasteiger partial charge is 0.507 e. The molecule has 0 atom stereocenters. The molecule has 3 nitrogen and oxygen atoms in total. The van der Waals surface area contributed by atoms with E-state index in [1.54, 1.807) is 0 Å². The zero-order chi connectivity index (χ0) is 14.6. The number of hydrogen-bond acceptors (Lipinski definition) is 3. The van der Waals surface area contributed by atoms with Crippen molar-refractivity contribution in [1.82, 2.24) is 0 Å². The Kier molecular flexibility index (Phi) is 8.52. The van der Waals surface area contributed by atoms with Gasteiger partial charge in [0.2, 0.25) is 0 Å². The highest BCUT2D eigenvalue weighted by Crippen LogP contribution is 2.23. The minimum Gasteiger partial charge on any atom is -0.507 e. The van der Waals surface area contributed by atoms with E-state index in [0.29, 0.717) is 18.8 Å². The van der Waals surface area contributed by atoms with Crippen LogP contribution >= 0.6 is 0 Å². The molecule has 0 fully saturated rings. The van der Waals surface area contributed by atoms with Gasteiger partial charge in [-0.1, -0.05) is 50.3 Å². The van der Waals surface area contributed by atoms with Crippen molar-refractivity contribution in [3.8, 4) is 5.75 Å². The van der Waals surface area contributed by atoms with E-state index < -0.39 is 0 Å². The third kappa shape index (κ3) is 6.60. The summed E-state index contributed by atoms with van der Waals surface area (Å²) in [5.74, 6) is 0.461. The van der Waals surface area contributed by atoms with Crippen molar-refractivity contribution in [3.63, 3.8) is 0 Å². The average molecular weight is 278 g/mol. The van der Waals surface area contributed by atoms with Gasteiger partial charge in [0.25, 0.3) is 6.47 Å². The summed E-state index contributed by atoms with van der Waals surface area (Å²) >= 11 is 0. The van der Waals surface area contributed by atoms with Gasteiger partial charge in [0.1, 0.15) is 5.75 Å². The number of phenolic OH excluding ortho intramolecular Hbond substituents is 1. The van der Waals surface area contributed by atoms with E-state index in [9.17, 15) is 9.90 Å². The van der Waals surface area contributed by atoms with Crippen molar-refractivity contribution in [3.05, 3.63) is 29.3 Å². The van der Waals surface area contributed by atoms with E-state index in [-0.39, 0.29) is 0 Å². The molecule has 0 bridgehead atoms. The fourth-order valence-electron chi connectivity index (χ4n) is 2.35. The number of unbranched alkanes of at least 4 members (excludes halogenated alkanes) is 6. The number of carbonyl (C=O) groups is 1. The molecule has 3 heteroatoms. The van der Waals surface area contributed by atoms with Crippen LogP contribution in [0.5, 0.6) is 5.75 Å². The summed E-state index contributed by atoms with van der Waals surface area (Å²) in [7, 11) is 0. The standard InChI is InChI=1S/C17H26O3/c1-15-10-9-12-16(17(15)19)11-7-5-3-2-4-6-8-13-20-14-18/h9-10,12,14,19H,2-8,11,13H2,1H3. The molecule has 0 saturated carbocycles. The minimum atomic E-state index is 0.461. The molecular formula is C17H26O3. The molecule has 0 spiro atoms. The summed E-state index contributed by atoms with van der Waals surface area (Å²) in [5.41, 5.74) is 2.02. The second-order valence-corrected chi connectivity index (χ2v) is 5.27. The summed E-state index contributed by atoms with van der Waals surface area (Å²) in [6, 6.07) is 5.95. The lowest BCUT2D eigenvalue weighted by atomic mass is 10.0. The van der Waals surface area contributed by atoms with Crippen LogP contribution in [0.2, 0.25) is 0 Å². The molecule has 0 radical (unpaired) electrons. The van der Waals surface area contributed by atoms with Gasteiger partial charge in [-0.05, 0) is 37.3 Å². The van der Waals surface area contributed by atoms with Crippen LogP contribution in [0.4, 0.5) is 0 Å². The number of para-hydroxylation sites is 1. The van der Waals surface area contributed by atoms with Crippen molar-refractivity contribution in [2.75, 3.05) is 6.61 Å². The number of phenols is 1. The number of rotatable bonds is 11. The van der Waals surface area contributed by atoms with Crippen LogP contribution in [0.3, 0.4) is 0 Å². The van der Waals surface area contributed by atoms with Crippen LogP contribution in [0.1, 0.15) is 56.1 Å². The Bertz CT molecular complexity index is 388. The summed E-state index contributed by atoms with van der Waals surface area (Å²) in [6.07, 6.45) is 9.08. The van der Waals surface area contributed by atoms with Crippen molar-refractivity contribution in [2.45, 2.75) is 58.3 Å². The zero-order valence-corrected chi connectivity index (χ0v) is 12.4. The van der Waals surface area contributed by atoms with Crippen LogP contribution in [0.15, 0.2) is 18.2 Å². The van der Waals surface area contributed by atoms with Crippen molar-refractivity contribution >= 4 is 6.47 Å². The Labute approximate surface area is 122 Å². The summed E-state index contributed by atoms with van der Waals surface area (Å²) < 4.78 is 4.64. The fraction of sp³-hybridized carbons (Fsp3) is 0.588. The Hall–Kier alpha value is -1.51. The normalized spacial score (nSPS) is 10.4. The summed E-state index contributed by atoms with van der Waals surface area (Å²) in [6.45, 7) is 3.00. The number of benzene rings is 1. The first-order valence-electron chi connectivity index (χ1n) is 7.58. The van der Waals surface area contributed by atoms with Gasteiger partial charge in [-0.3, -0.25) is 4.79 Å². The van der Waals surface area contributed by atoms with Crippen LogP contribution < -0.4 is 0 Å². The fourth-order valence-corrected chi connectivity index (χ4v) is 2.35. The molecule has 0 amide bonds. The number of aromatic hydroxyl groups is 1. The Morgan fingerprint density at radius 3 is 2.40 bits per heavy atom. The molecule has 1 N–H and O–H groups in total. The molecule has 0 aromatic heterocycles. The third-order valence-electron chi connectivity index (χ3n) is 3.60. The molecule has 0 heterocycles. The first-order chi connectivity index (χ1) is 9.75. The van der Waals surface area contributed by atoms with Gasteiger partial charge in [0.05, 0.1) is 6.61 Å². The van der Waals surface area contributed by atoms with Crippen molar-refractivity contribution in [1.29, 1.82) is 0 Å². The maximum absolute atomic E-state index is 9.93. The molecule has 1 rings (SSSR count). The number of aryl methyl sites for hydroxylation is 2. The van der Waals surface area contributed by atoms with Gasteiger partial charge in [0, 0.05) is 0 Å². The third-order valence-corrected chi connectivity index (χ3v) is 3.60. The lowest BCUT2D eigenvalue weighted by Crippen LogP contribution is -1.91. The smallest absolute Gasteiger partial charge is 0.293 e. The van der Waals surface area contributed by atoms with Crippen LogP contribution in [0.25, 0.3) is 0 Å². The van der Waals surface area contributed by atoms with E-state index in [1.165, 1.54) is 25.7 Å². The van der Waals surface area contributed by atoms with Gasteiger partial charge in [-0.25, -0.2) is 0 Å². The Morgan fingerprint density at radius 2 is 1.70 bits per heavy atom. The topological polar surface area (TPSA) is 46.5 Å². The van der Waals surface area contributed by atoms with E-state index in [2.05, 4.69) is 4.74 Å². The molecule has 0 aliphatic rings. The van der Waals surface area contributed by atoms with E-state index in [4.69, 9.17) is 0 Å². The molecule has 1 aromatic carbocycles. The zero-order valence-electron chi connectivity index (χ0n) is 12.4. The number of hydrogen-bond donors (Lipinski definition) is 1. The molecule has 20 heavy (non-hydrogen) atoms. The maximum atomic E-state index is 9.93. The molecule has 1 aromatic rings. The molecule has 0 saturated heterocycles. The monoisotopic (exact) mass is 278 g/mol. The molecule has 112 valence electrons. The predicted octanol–water partition coefficient (Wildman–Crippen LogP) is 4.15. The van der Waals surface area contributed by atoms with Gasteiger partial charge >= 0.3 is 0 Å². The highest BCUT2D eigenvalue weighted by molar-refractivity contribution is 5.39. The van der Waals surface area contributed by atoms with Gasteiger partial charge in [0.15, 0.2) is 0 Å².